The summed E-state index contributed by atoms with van der Waals surface area (Å²) in [5.74, 6) is 0.0319. The summed E-state index contributed by atoms with van der Waals surface area (Å²) in [6.45, 7) is 16.9. The molecule has 3 nitrogen and oxygen atoms in total. The number of carbonyl (C=O) groups excluding carboxylic acids is 2. The molecule has 5 heteroatoms. The van der Waals surface area contributed by atoms with Gasteiger partial charge in [-0.25, -0.2) is 0 Å². The van der Waals surface area contributed by atoms with E-state index in [0.29, 0.717) is 5.75 Å². The Kier molecular flexibility index (Phi) is 37.6. The molecule has 0 bridgehead atoms. The Balaban J connectivity index is -0.000000155. The number of thiol groups is 1. The third-order valence-corrected chi connectivity index (χ3v) is 3.35. The van der Waals surface area contributed by atoms with E-state index in [-0.39, 0.29) is 17.1 Å². The number of hydrogen-bond donors (Lipinski definition) is 1. The zero-order chi connectivity index (χ0) is 17.0. The average molecular weight is 325 g/mol. The minimum atomic E-state index is -0.350. The second-order valence-electron chi connectivity index (χ2n) is 3.14. The summed E-state index contributed by atoms with van der Waals surface area (Å²) in [4.78, 5) is 21.3. The number of carbonyl (C=O) groups is 2. The van der Waals surface area contributed by atoms with Gasteiger partial charge >= 0.3 is 5.97 Å². The van der Waals surface area contributed by atoms with Crippen molar-refractivity contribution < 1.29 is 13.8 Å². The lowest BCUT2D eigenvalue weighted by Crippen LogP contribution is -2.15. The molecule has 2 atom stereocenters. The van der Waals surface area contributed by atoms with Gasteiger partial charge in [0, 0.05) is 18.7 Å². The molecule has 0 aliphatic rings. The highest BCUT2D eigenvalue weighted by molar-refractivity contribution is 8.00. The van der Waals surface area contributed by atoms with Crippen LogP contribution in [0.15, 0.2) is 12.7 Å². The first-order valence-corrected chi connectivity index (χ1v) is 8.47. The molecule has 0 aromatic rings. The molecule has 0 rings (SSSR count). The van der Waals surface area contributed by atoms with Gasteiger partial charge < -0.3 is 8.98 Å². The van der Waals surface area contributed by atoms with Gasteiger partial charge in [-0.15, -0.1) is 6.58 Å². The maximum atomic E-state index is 10.9. The van der Waals surface area contributed by atoms with Crippen LogP contribution in [0.2, 0.25) is 0 Å². The van der Waals surface area contributed by atoms with Crippen LogP contribution in [0.4, 0.5) is 0 Å². The molecule has 0 saturated heterocycles. The van der Waals surface area contributed by atoms with Crippen LogP contribution in [0, 0.1) is 5.92 Å². The van der Waals surface area contributed by atoms with Crippen LogP contribution in [-0.4, -0.2) is 23.3 Å². The zero-order valence-corrected chi connectivity index (χ0v) is 15.7. The van der Waals surface area contributed by atoms with Crippen LogP contribution in [0.1, 0.15) is 54.9 Å². The Morgan fingerprint density at radius 3 is 2.00 bits per heavy atom. The summed E-state index contributed by atoms with van der Waals surface area (Å²) in [6, 6.07) is 0. The Labute approximate surface area is 135 Å². The van der Waals surface area contributed by atoms with Crippen molar-refractivity contribution >= 4 is 36.9 Å². The maximum absolute atomic E-state index is 10.9. The molecule has 0 radical (unpaired) electrons. The van der Waals surface area contributed by atoms with Gasteiger partial charge in [-0.1, -0.05) is 47.6 Å². The quantitative estimate of drug-likeness (QED) is 0.324. The largest absolute Gasteiger partial charge is 0.394 e. The summed E-state index contributed by atoms with van der Waals surface area (Å²) < 4.78 is 4.27. The Morgan fingerprint density at radius 2 is 1.75 bits per heavy atom. The number of thioether (sulfide) groups is 1. The summed E-state index contributed by atoms with van der Waals surface area (Å²) >= 11 is 4.89. The van der Waals surface area contributed by atoms with Gasteiger partial charge in [-0.3, -0.25) is 4.79 Å². The molecule has 0 aromatic carbocycles. The fourth-order valence-electron chi connectivity index (χ4n) is 0.679. The SMILES string of the molecule is C=CC.CC.CC.CCC(C=O)SCC(C)C(=O)OS. The lowest BCUT2D eigenvalue weighted by molar-refractivity contribution is -0.136. The van der Waals surface area contributed by atoms with Gasteiger partial charge in [0.2, 0.25) is 0 Å². The zero-order valence-electron chi connectivity index (χ0n) is 14.0. The van der Waals surface area contributed by atoms with E-state index in [2.05, 4.69) is 23.7 Å². The third-order valence-electron chi connectivity index (χ3n) is 1.61. The van der Waals surface area contributed by atoms with Crippen molar-refractivity contribution in [3.8, 4) is 0 Å². The molecule has 0 heterocycles. The van der Waals surface area contributed by atoms with Gasteiger partial charge in [0.1, 0.15) is 6.29 Å². The fraction of sp³-hybridized carbons (Fsp3) is 0.733. The predicted molar refractivity (Wildman–Crippen MR) is 95.4 cm³/mol. The molecular weight excluding hydrogens is 292 g/mol. The summed E-state index contributed by atoms with van der Waals surface area (Å²) in [6.07, 6.45) is 3.44. The molecule has 2 unspecified atom stereocenters. The predicted octanol–water partition coefficient (Wildman–Crippen LogP) is 4.97. The van der Waals surface area contributed by atoms with Gasteiger partial charge in [0.25, 0.3) is 0 Å². The molecule has 0 aliphatic heterocycles. The van der Waals surface area contributed by atoms with Crippen LogP contribution < -0.4 is 0 Å². The molecule has 0 amide bonds. The standard InChI is InChI=1S/C8H14O3S2.C3H6.2C2H6/c1-3-7(4-9)13-5-6(2)8(10)11-12;1-3-2;2*1-2/h4,6-7,12H,3,5H2,1-2H3;3H,1H2,2H3;2*1-2H3. The first-order valence-electron chi connectivity index (χ1n) is 7.06. The highest BCUT2D eigenvalue weighted by Gasteiger charge is 2.15. The Morgan fingerprint density at radius 1 is 1.35 bits per heavy atom. The van der Waals surface area contributed by atoms with Gasteiger partial charge in [-0.05, 0) is 13.3 Å². The smallest absolute Gasteiger partial charge is 0.321 e. The highest BCUT2D eigenvalue weighted by Crippen LogP contribution is 2.17. The first kappa shape index (κ1) is 27.8. The molecule has 0 fully saturated rings. The van der Waals surface area contributed by atoms with E-state index in [1.54, 1.807) is 13.0 Å². The average Bonchev–Trinajstić information content (AvgIpc) is 2.52. The Hall–Kier alpha value is -0.420. The van der Waals surface area contributed by atoms with E-state index in [4.69, 9.17) is 0 Å². The summed E-state index contributed by atoms with van der Waals surface area (Å²) in [7, 11) is 0. The van der Waals surface area contributed by atoms with Gasteiger partial charge in [-0.2, -0.15) is 11.8 Å². The lowest BCUT2D eigenvalue weighted by atomic mass is 10.2. The van der Waals surface area contributed by atoms with E-state index in [1.807, 2.05) is 41.5 Å². The minimum Gasteiger partial charge on any atom is -0.394 e. The molecule has 0 saturated carbocycles. The molecular formula is C15H32O3S2. The van der Waals surface area contributed by atoms with E-state index in [0.717, 1.165) is 12.7 Å². The number of rotatable bonds is 6. The Bertz CT molecular complexity index is 209. The minimum absolute atomic E-state index is 0.0184. The number of hydrogen-bond acceptors (Lipinski definition) is 5. The van der Waals surface area contributed by atoms with Crippen molar-refractivity contribution in [2.24, 2.45) is 5.92 Å². The molecule has 0 aliphatic carbocycles. The summed E-state index contributed by atoms with van der Waals surface area (Å²) in [5, 5.41) is -0.0184. The van der Waals surface area contributed by atoms with E-state index in [1.165, 1.54) is 11.8 Å². The molecule has 20 heavy (non-hydrogen) atoms. The number of allylic oxidation sites excluding steroid dienone is 1. The monoisotopic (exact) mass is 324 g/mol. The number of aldehydes is 1. The third kappa shape index (κ3) is 22.7. The normalized spacial score (nSPS) is 10.8. The van der Waals surface area contributed by atoms with Crippen LogP contribution in [0.5, 0.6) is 0 Å². The van der Waals surface area contributed by atoms with Crippen molar-refractivity contribution in [2.75, 3.05) is 5.75 Å². The van der Waals surface area contributed by atoms with E-state index < -0.39 is 0 Å². The molecule has 0 aromatic heterocycles. The second kappa shape index (κ2) is 27.0. The van der Waals surface area contributed by atoms with Crippen molar-refractivity contribution in [3.05, 3.63) is 12.7 Å². The molecule has 0 spiro atoms. The summed E-state index contributed by atoms with van der Waals surface area (Å²) in [5.41, 5.74) is 0. The highest BCUT2D eigenvalue weighted by atomic mass is 32.2. The molecule has 122 valence electrons. The topological polar surface area (TPSA) is 43.4 Å². The fourth-order valence-corrected chi connectivity index (χ4v) is 1.85. The second-order valence-corrected chi connectivity index (χ2v) is 4.59. The van der Waals surface area contributed by atoms with Gasteiger partial charge in [0.15, 0.2) is 0 Å². The van der Waals surface area contributed by atoms with Crippen molar-refractivity contribution in [1.29, 1.82) is 0 Å². The molecule has 0 N–H and O–H groups in total. The first-order chi connectivity index (χ1) is 9.56. The lowest BCUT2D eigenvalue weighted by Gasteiger charge is -2.10. The maximum Gasteiger partial charge on any atom is 0.321 e. The van der Waals surface area contributed by atoms with Crippen LogP contribution >= 0.6 is 24.7 Å². The van der Waals surface area contributed by atoms with Crippen molar-refractivity contribution in [2.45, 2.75) is 60.1 Å². The van der Waals surface area contributed by atoms with E-state index in [9.17, 15) is 9.59 Å². The van der Waals surface area contributed by atoms with Crippen molar-refractivity contribution in [3.63, 3.8) is 0 Å². The van der Waals surface area contributed by atoms with E-state index >= 15 is 0 Å². The van der Waals surface area contributed by atoms with Crippen LogP contribution in [0.3, 0.4) is 0 Å². The van der Waals surface area contributed by atoms with Gasteiger partial charge in [0.05, 0.1) is 11.2 Å². The van der Waals surface area contributed by atoms with Crippen LogP contribution in [-0.2, 0) is 13.8 Å². The van der Waals surface area contributed by atoms with Crippen LogP contribution in [0.25, 0.3) is 0 Å². The van der Waals surface area contributed by atoms with Crippen molar-refractivity contribution in [1.82, 2.24) is 0 Å².